The number of carbonyl (C=O) groups excluding carboxylic acids is 1. The number of aryl methyl sites for hydroxylation is 1. The van der Waals surface area contributed by atoms with Crippen LogP contribution in [-0.2, 0) is 4.79 Å². The van der Waals surface area contributed by atoms with Crippen molar-refractivity contribution < 1.29 is 4.79 Å². The number of hydrogen-bond donors (Lipinski definition) is 2. The van der Waals surface area contributed by atoms with Crippen LogP contribution in [0, 0.1) is 6.92 Å². The topological polar surface area (TPSA) is 54.0 Å². The number of benzene rings is 1. The maximum Gasteiger partial charge on any atom is 0.241 e. The van der Waals surface area contributed by atoms with Gasteiger partial charge in [-0.15, -0.1) is 11.3 Å². The minimum atomic E-state index is -0.0381. The molecule has 1 aromatic heterocycles. The zero-order valence-electron chi connectivity index (χ0n) is 10.2. The van der Waals surface area contributed by atoms with Gasteiger partial charge < -0.3 is 10.6 Å². The molecule has 2 aromatic rings. The SMILES string of the molecule is Cc1nc2ccc(NC(=O)C3CCCN3)cc2s1. The van der Waals surface area contributed by atoms with Crippen molar-refractivity contribution in [1.82, 2.24) is 10.3 Å². The summed E-state index contributed by atoms with van der Waals surface area (Å²) in [5.74, 6) is 0.0630. The summed E-state index contributed by atoms with van der Waals surface area (Å²) in [6, 6.07) is 5.82. The molecule has 2 N–H and O–H groups in total. The molecule has 1 amide bonds. The molecule has 1 aliphatic heterocycles. The second kappa shape index (κ2) is 4.66. The standard InChI is InChI=1S/C13H15N3OS/c1-8-15-10-5-4-9(7-12(10)18-8)16-13(17)11-3-2-6-14-11/h4-5,7,11,14H,2-3,6H2,1H3,(H,16,17). The summed E-state index contributed by atoms with van der Waals surface area (Å²) in [7, 11) is 0. The lowest BCUT2D eigenvalue weighted by molar-refractivity contribution is -0.117. The van der Waals surface area contributed by atoms with Crippen molar-refractivity contribution >= 4 is 33.1 Å². The van der Waals surface area contributed by atoms with Crippen LogP contribution in [0.4, 0.5) is 5.69 Å². The maximum atomic E-state index is 12.0. The fourth-order valence-corrected chi connectivity index (χ4v) is 3.12. The van der Waals surface area contributed by atoms with Gasteiger partial charge in [-0.25, -0.2) is 4.98 Å². The summed E-state index contributed by atoms with van der Waals surface area (Å²) in [4.78, 5) is 16.4. The molecule has 0 spiro atoms. The quantitative estimate of drug-likeness (QED) is 0.872. The van der Waals surface area contributed by atoms with Crippen LogP contribution in [0.2, 0.25) is 0 Å². The monoisotopic (exact) mass is 261 g/mol. The molecule has 0 aliphatic carbocycles. The Hall–Kier alpha value is -1.46. The number of rotatable bonds is 2. The van der Waals surface area contributed by atoms with E-state index in [0.717, 1.165) is 40.3 Å². The molecule has 1 saturated heterocycles. The van der Waals surface area contributed by atoms with Crippen molar-refractivity contribution in [3.05, 3.63) is 23.2 Å². The van der Waals surface area contributed by atoms with Gasteiger partial charge in [0.05, 0.1) is 21.3 Å². The van der Waals surface area contributed by atoms with Crippen LogP contribution in [0.25, 0.3) is 10.2 Å². The number of aromatic nitrogens is 1. The van der Waals surface area contributed by atoms with Crippen LogP contribution >= 0.6 is 11.3 Å². The molecule has 0 bridgehead atoms. The van der Waals surface area contributed by atoms with Crippen LogP contribution in [-0.4, -0.2) is 23.5 Å². The molecule has 1 aliphatic rings. The number of fused-ring (bicyclic) bond motifs is 1. The minimum Gasteiger partial charge on any atom is -0.325 e. The van der Waals surface area contributed by atoms with Crippen LogP contribution in [0.5, 0.6) is 0 Å². The van der Waals surface area contributed by atoms with E-state index >= 15 is 0 Å². The summed E-state index contributed by atoms with van der Waals surface area (Å²) >= 11 is 1.65. The zero-order chi connectivity index (χ0) is 12.5. The fourth-order valence-electron chi connectivity index (χ4n) is 2.26. The average Bonchev–Trinajstić information content (AvgIpc) is 2.95. The Labute approximate surface area is 109 Å². The Kier molecular flexibility index (Phi) is 3.01. The lowest BCUT2D eigenvalue weighted by atomic mass is 10.2. The van der Waals surface area contributed by atoms with Gasteiger partial charge in [0.1, 0.15) is 0 Å². The molecule has 0 radical (unpaired) electrons. The molecule has 2 heterocycles. The number of nitrogens with zero attached hydrogens (tertiary/aromatic N) is 1. The molecule has 18 heavy (non-hydrogen) atoms. The third-order valence-electron chi connectivity index (χ3n) is 3.14. The van der Waals surface area contributed by atoms with Gasteiger partial charge in [-0.05, 0) is 44.5 Å². The second-order valence-electron chi connectivity index (χ2n) is 4.55. The van der Waals surface area contributed by atoms with E-state index in [1.54, 1.807) is 11.3 Å². The Morgan fingerprint density at radius 1 is 1.56 bits per heavy atom. The first-order valence-electron chi connectivity index (χ1n) is 6.14. The van der Waals surface area contributed by atoms with Crippen molar-refractivity contribution in [2.24, 2.45) is 0 Å². The van der Waals surface area contributed by atoms with Gasteiger partial charge in [-0.2, -0.15) is 0 Å². The van der Waals surface area contributed by atoms with E-state index in [1.165, 1.54) is 0 Å². The van der Waals surface area contributed by atoms with Crippen molar-refractivity contribution in [3.8, 4) is 0 Å². The van der Waals surface area contributed by atoms with E-state index in [9.17, 15) is 4.79 Å². The number of thiazole rings is 1. The Morgan fingerprint density at radius 2 is 2.44 bits per heavy atom. The molecule has 1 fully saturated rings. The first kappa shape index (κ1) is 11.6. The van der Waals surface area contributed by atoms with Gasteiger partial charge in [0.25, 0.3) is 0 Å². The number of amides is 1. The van der Waals surface area contributed by atoms with E-state index in [1.807, 2.05) is 25.1 Å². The molecule has 94 valence electrons. The van der Waals surface area contributed by atoms with E-state index < -0.39 is 0 Å². The van der Waals surface area contributed by atoms with Crippen molar-refractivity contribution in [3.63, 3.8) is 0 Å². The lowest BCUT2D eigenvalue weighted by Gasteiger charge is -2.10. The molecular weight excluding hydrogens is 246 g/mol. The lowest BCUT2D eigenvalue weighted by Crippen LogP contribution is -2.35. The summed E-state index contributed by atoms with van der Waals surface area (Å²) in [6.07, 6.45) is 2.00. The number of nitrogens with one attached hydrogen (secondary N) is 2. The van der Waals surface area contributed by atoms with E-state index in [-0.39, 0.29) is 11.9 Å². The normalized spacial score (nSPS) is 19.3. The molecule has 1 aromatic carbocycles. The minimum absolute atomic E-state index is 0.0381. The van der Waals surface area contributed by atoms with Crippen molar-refractivity contribution in [2.45, 2.75) is 25.8 Å². The molecule has 0 saturated carbocycles. The first-order chi connectivity index (χ1) is 8.72. The predicted octanol–water partition coefficient (Wildman–Crippen LogP) is 2.30. The molecule has 1 unspecified atom stereocenters. The predicted molar refractivity (Wildman–Crippen MR) is 74.0 cm³/mol. The molecule has 1 atom stereocenters. The number of anilines is 1. The average molecular weight is 261 g/mol. The number of carbonyl (C=O) groups is 1. The van der Waals surface area contributed by atoms with Crippen molar-refractivity contribution in [2.75, 3.05) is 11.9 Å². The fraction of sp³-hybridized carbons (Fsp3) is 0.385. The van der Waals surface area contributed by atoms with Gasteiger partial charge >= 0.3 is 0 Å². The Balaban J connectivity index is 1.79. The zero-order valence-corrected chi connectivity index (χ0v) is 11.0. The highest BCUT2D eigenvalue weighted by atomic mass is 32.1. The van der Waals surface area contributed by atoms with Crippen LogP contribution in [0.1, 0.15) is 17.8 Å². The highest BCUT2D eigenvalue weighted by Gasteiger charge is 2.21. The highest BCUT2D eigenvalue weighted by Crippen LogP contribution is 2.25. The third-order valence-corrected chi connectivity index (χ3v) is 4.07. The molecule has 4 nitrogen and oxygen atoms in total. The molecule has 5 heteroatoms. The van der Waals surface area contributed by atoms with E-state index in [2.05, 4.69) is 15.6 Å². The van der Waals surface area contributed by atoms with Gasteiger partial charge in [-0.1, -0.05) is 0 Å². The van der Waals surface area contributed by atoms with Crippen LogP contribution < -0.4 is 10.6 Å². The molecule has 3 rings (SSSR count). The smallest absolute Gasteiger partial charge is 0.241 e. The first-order valence-corrected chi connectivity index (χ1v) is 6.95. The van der Waals surface area contributed by atoms with Crippen molar-refractivity contribution in [1.29, 1.82) is 0 Å². The second-order valence-corrected chi connectivity index (χ2v) is 5.79. The summed E-state index contributed by atoms with van der Waals surface area (Å²) < 4.78 is 1.12. The highest BCUT2D eigenvalue weighted by molar-refractivity contribution is 7.18. The number of hydrogen-bond acceptors (Lipinski definition) is 4. The third kappa shape index (κ3) is 2.23. The van der Waals surface area contributed by atoms with Gasteiger partial charge in [0, 0.05) is 5.69 Å². The van der Waals surface area contributed by atoms with Gasteiger partial charge in [-0.3, -0.25) is 4.79 Å². The Bertz CT molecular complexity index is 587. The van der Waals surface area contributed by atoms with Gasteiger partial charge in [0.2, 0.25) is 5.91 Å². The summed E-state index contributed by atoms with van der Waals surface area (Å²) in [5, 5.41) is 7.21. The molecular formula is C13H15N3OS. The summed E-state index contributed by atoms with van der Waals surface area (Å²) in [6.45, 7) is 2.93. The largest absolute Gasteiger partial charge is 0.325 e. The Morgan fingerprint density at radius 3 is 3.22 bits per heavy atom. The van der Waals surface area contributed by atoms with E-state index in [0.29, 0.717) is 0 Å². The summed E-state index contributed by atoms with van der Waals surface area (Å²) in [5.41, 5.74) is 1.85. The van der Waals surface area contributed by atoms with Crippen LogP contribution in [0.15, 0.2) is 18.2 Å². The van der Waals surface area contributed by atoms with E-state index in [4.69, 9.17) is 0 Å². The maximum absolute atomic E-state index is 12.0. The van der Waals surface area contributed by atoms with Crippen LogP contribution in [0.3, 0.4) is 0 Å². The van der Waals surface area contributed by atoms with Gasteiger partial charge in [0.15, 0.2) is 0 Å².